The van der Waals surface area contributed by atoms with Crippen molar-refractivity contribution in [3.63, 3.8) is 0 Å². The smallest absolute Gasteiger partial charge is 0.249 e. The number of nitrogens with one attached hydrogen (secondary N) is 4. The van der Waals surface area contributed by atoms with Gasteiger partial charge in [0.25, 0.3) is 0 Å². The van der Waals surface area contributed by atoms with E-state index in [1.165, 1.54) is 44.2 Å². The van der Waals surface area contributed by atoms with Crippen molar-refractivity contribution in [2.45, 2.75) is 123 Å². The van der Waals surface area contributed by atoms with Gasteiger partial charge in [-0.25, -0.2) is 23.4 Å². The van der Waals surface area contributed by atoms with Crippen molar-refractivity contribution < 1.29 is 13.4 Å². The second-order valence-electron chi connectivity index (χ2n) is 12.9. The molecule has 3 aliphatic carbocycles. The molecular weight excluding hydrogens is 586 g/mol. The number of imidazole rings is 1. The normalized spacial score (nSPS) is 21.0. The molecule has 4 N–H and O–H groups in total. The highest BCUT2D eigenvalue weighted by Gasteiger charge is 2.62. The molecule has 256 valence electrons. The molecule has 1 spiro atoms. The summed E-state index contributed by atoms with van der Waals surface area (Å²) in [7, 11) is 1.91. The van der Waals surface area contributed by atoms with Crippen molar-refractivity contribution in [1.29, 1.82) is 5.41 Å². The summed E-state index contributed by atoms with van der Waals surface area (Å²) in [6.07, 6.45) is 15.7. The lowest BCUT2D eigenvalue weighted by atomic mass is 9.49. The molecule has 6 rings (SSSR count). The zero-order valence-corrected chi connectivity index (χ0v) is 28.7. The van der Waals surface area contributed by atoms with E-state index in [4.69, 9.17) is 10.4 Å². The van der Waals surface area contributed by atoms with E-state index < -0.39 is 5.92 Å². The summed E-state index contributed by atoms with van der Waals surface area (Å²) < 4.78 is 31.0. The lowest BCUT2D eigenvalue weighted by Gasteiger charge is -2.58. The third-order valence-corrected chi connectivity index (χ3v) is 9.35. The average Bonchev–Trinajstić information content (AvgIpc) is 3.70. The van der Waals surface area contributed by atoms with E-state index in [0.29, 0.717) is 23.5 Å². The van der Waals surface area contributed by atoms with E-state index in [0.717, 1.165) is 61.4 Å². The standard InChI is InChI=1S/C21H31F2N5.C6H8N2O.C6H11N.C2H6/c1-13(24)17(14-6-4-3-5-7-14)28-19-26-10-16(27-19)18(25-2)15-8-20(9-15)11-21(22,23)12-20;1-3-5-6(4-2)8-9-7-5;1-6-4-2-3-5-7-6;1-2/h10,14-15,18,24-25H,3-9,11-12H2,1-2H3,(H,26,27);3H,1,4H2,2H3;7H,1-5H2;1-2H3/b24-13?,28-17+;;;. The summed E-state index contributed by atoms with van der Waals surface area (Å²) in [6, 6.07) is 0.0792. The number of nitrogens with zero attached hydrogens (tertiary/aromatic N) is 4. The number of aromatic nitrogens is 4. The zero-order valence-electron chi connectivity index (χ0n) is 28.7. The Bertz CT molecular complexity index is 1270. The van der Waals surface area contributed by atoms with E-state index >= 15 is 0 Å². The molecule has 3 saturated carbocycles. The van der Waals surface area contributed by atoms with Gasteiger partial charge in [0, 0.05) is 31.0 Å². The lowest BCUT2D eigenvalue weighted by molar-refractivity contribution is -0.210. The molecule has 0 aromatic carbocycles. The van der Waals surface area contributed by atoms with Gasteiger partial charge in [-0.2, -0.15) is 0 Å². The average molecular weight is 643 g/mol. The van der Waals surface area contributed by atoms with Crippen LogP contribution in [-0.2, 0) is 6.42 Å². The molecule has 4 fully saturated rings. The molecule has 1 atom stereocenters. The van der Waals surface area contributed by atoms with Crippen molar-refractivity contribution in [2.75, 3.05) is 13.6 Å². The SMILES string of the molecule is C=C1CCCCN1.C=Cc1nonc1CC.CC.CNC(c1cnc(/N=C(\C(C)=N)C2CCCCC2)[nH]1)C1CC2(C1)CC(F)(F)C2. The van der Waals surface area contributed by atoms with Crippen molar-refractivity contribution in [3.05, 3.63) is 42.1 Å². The predicted molar refractivity (Wildman–Crippen MR) is 183 cm³/mol. The first-order valence-corrected chi connectivity index (χ1v) is 17.2. The number of H-pyrrole nitrogens is 1. The van der Waals surface area contributed by atoms with Gasteiger partial charge in [-0.15, -0.1) is 0 Å². The molecule has 11 heteroatoms. The van der Waals surface area contributed by atoms with Crippen LogP contribution in [0.2, 0.25) is 0 Å². The fraction of sp³-hybridized carbons (Fsp3) is 0.686. The number of aromatic amines is 1. The number of hydrogen-bond acceptors (Lipinski definition) is 8. The van der Waals surface area contributed by atoms with Crippen LogP contribution in [0.1, 0.15) is 128 Å². The van der Waals surface area contributed by atoms with Crippen LogP contribution >= 0.6 is 0 Å². The Balaban J connectivity index is 0.000000260. The second kappa shape index (κ2) is 17.6. The minimum atomic E-state index is -2.45. The van der Waals surface area contributed by atoms with Crippen molar-refractivity contribution in [2.24, 2.45) is 22.2 Å². The molecule has 1 aliphatic heterocycles. The molecule has 1 unspecified atom stereocenters. The fourth-order valence-corrected chi connectivity index (χ4v) is 7.21. The summed E-state index contributed by atoms with van der Waals surface area (Å²) in [5.41, 5.74) is 5.02. The molecule has 1 saturated heterocycles. The number of halogens is 2. The van der Waals surface area contributed by atoms with E-state index in [2.05, 4.69) is 48.7 Å². The molecule has 2 aromatic rings. The maximum atomic E-state index is 13.3. The molecule has 0 amide bonds. The quantitative estimate of drug-likeness (QED) is 0.213. The number of allylic oxidation sites excluding steroid dienone is 1. The van der Waals surface area contributed by atoms with Gasteiger partial charge in [0.15, 0.2) is 0 Å². The second-order valence-corrected chi connectivity index (χ2v) is 12.9. The fourth-order valence-electron chi connectivity index (χ4n) is 7.21. The van der Waals surface area contributed by atoms with Crippen molar-refractivity contribution in [3.8, 4) is 0 Å². The molecule has 0 bridgehead atoms. The Kier molecular flexibility index (Phi) is 14.3. The topological polar surface area (TPSA) is 128 Å². The summed E-state index contributed by atoms with van der Waals surface area (Å²) in [6.45, 7) is 16.3. The van der Waals surface area contributed by atoms with Gasteiger partial charge >= 0.3 is 0 Å². The van der Waals surface area contributed by atoms with Crippen LogP contribution in [-0.4, -0.2) is 51.2 Å². The number of piperidine rings is 1. The number of aliphatic imine (C=N–C) groups is 1. The highest BCUT2D eigenvalue weighted by Crippen LogP contribution is 2.66. The first-order chi connectivity index (χ1) is 22.1. The van der Waals surface area contributed by atoms with Crippen LogP contribution in [0.5, 0.6) is 0 Å². The monoisotopic (exact) mass is 642 g/mol. The third kappa shape index (κ3) is 10.1. The van der Waals surface area contributed by atoms with Gasteiger partial charge in [-0.1, -0.05) is 63.5 Å². The predicted octanol–water partition coefficient (Wildman–Crippen LogP) is 8.76. The van der Waals surface area contributed by atoms with E-state index in [1.807, 2.05) is 27.8 Å². The highest BCUT2D eigenvalue weighted by atomic mass is 19.3. The minimum absolute atomic E-state index is 0.0504. The van der Waals surface area contributed by atoms with Crippen LogP contribution in [0.4, 0.5) is 14.7 Å². The Morgan fingerprint density at radius 3 is 2.35 bits per heavy atom. The molecular formula is C35H56F2N8O. The van der Waals surface area contributed by atoms with Crippen LogP contribution in [0.3, 0.4) is 0 Å². The van der Waals surface area contributed by atoms with Gasteiger partial charge in [0.05, 0.1) is 29.4 Å². The van der Waals surface area contributed by atoms with Crippen LogP contribution in [0.15, 0.2) is 34.7 Å². The van der Waals surface area contributed by atoms with Gasteiger partial charge in [-0.05, 0) is 82.7 Å². The first kappa shape index (κ1) is 37.2. The van der Waals surface area contributed by atoms with E-state index in [1.54, 1.807) is 19.2 Å². The largest absolute Gasteiger partial charge is 0.389 e. The first-order valence-electron chi connectivity index (χ1n) is 17.2. The number of aryl methyl sites for hydroxylation is 1. The summed E-state index contributed by atoms with van der Waals surface area (Å²) in [4.78, 5) is 12.4. The van der Waals surface area contributed by atoms with Gasteiger partial charge < -0.3 is 21.0 Å². The minimum Gasteiger partial charge on any atom is -0.389 e. The van der Waals surface area contributed by atoms with Gasteiger partial charge in [-0.3, -0.25) is 0 Å². The highest BCUT2D eigenvalue weighted by molar-refractivity contribution is 6.41. The molecule has 3 heterocycles. The number of alkyl halides is 2. The van der Waals surface area contributed by atoms with Crippen LogP contribution < -0.4 is 10.6 Å². The maximum Gasteiger partial charge on any atom is 0.249 e. The molecule has 0 radical (unpaired) electrons. The van der Waals surface area contributed by atoms with Crippen LogP contribution in [0, 0.1) is 22.7 Å². The maximum absolute atomic E-state index is 13.3. The van der Waals surface area contributed by atoms with E-state index in [9.17, 15) is 8.78 Å². The third-order valence-electron chi connectivity index (χ3n) is 9.35. The van der Waals surface area contributed by atoms with Crippen molar-refractivity contribution >= 4 is 23.4 Å². The van der Waals surface area contributed by atoms with Gasteiger partial charge in [0.2, 0.25) is 11.9 Å². The Morgan fingerprint density at radius 1 is 1.17 bits per heavy atom. The summed E-state index contributed by atoms with van der Waals surface area (Å²) in [5, 5.41) is 21.9. The molecule has 46 heavy (non-hydrogen) atoms. The summed E-state index contributed by atoms with van der Waals surface area (Å²) in [5.74, 6) is -1.20. The molecule has 9 nitrogen and oxygen atoms in total. The van der Waals surface area contributed by atoms with E-state index in [-0.39, 0.29) is 24.3 Å². The molecule has 2 aromatic heterocycles. The van der Waals surface area contributed by atoms with Crippen LogP contribution in [0.25, 0.3) is 6.08 Å². The zero-order chi connectivity index (χ0) is 33.7. The molecule has 4 aliphatic rings. The lowest BCUT2D eigenvalue weighted by Crippen LogP contribution is -2.55. The van der Waals surface area contributed by atoms with Crippen molar-refractivity contribution in [1.82, 2.24) is 30.9 Å². The number of hydrogen-bond donors (Lipinski definition) is 4. The Labute approximate surface area is 274 Å². The Morgan fingerprint density at radius 2 is 1.87 bits per heavy atom. The Hall–Kier alpha value is -3.21. The summed E-state index contributed by atoms with van der Waals surface area (Å²) >= 11 is 0. The number of rotatable bonds is 8. The van der Waals surface area contributed by atoms with Gasteiger partial charge in [0.1, 0.15) is 11.4 Å².